The van der Waals surface area contributed by atoms with Crippen LogP contribution in [-0.4, -0.2) is 17.7 Å². The molecule has 0 fully saturated rings. The summed E-state index contributed by atoms with van der Waals surface area (Å²) in [6, 6.07) is 18.7. The van der Waals surface area contributed by atoms with Crippen LogP contribution in [0, 0.1) is 0 Å². The van der Waals surface area contributed by atoms with Gasteiger partial charge in [0.2, 0.25) is 0 Å². The molecule has 0 heterocycles. The summed E-state index contributed by atoms with van der Waals surface area (Å²) in [4.78, 5) is 24.3. The molecule has 2 aromatic carbocycles. The summed E-state index contributed by atoms with van der Waals surface area (Å²) >= 11 is 2.24. The van der Waals surface area contributed by atoms with E-state index in [9.17, 15) is 9.59 Å². The van der Waals surface area contributed by atoms with Crippen molar-refractivity contribution in [2.75, 3.05) is 0 Å². The highest BCUT2D eigenvalue weighted by Crippen LogP contribution is 2.16. The molecule has 31 heavy (non-hydrogen) atoms. The van der Waals surface area contributed by atoms with Crippen LogP contribution in [0.4, 0.5) is 4.79 Å². The van der Waals surface area contributed by atoms with Gasteiger partial charge < -0.3 is 14.2 Å². The molecule has 0 spiro atoms. The van der Waals surface area contributed by atoms with Crippen LogP contribution >= 0.6 is 22.6 Å². The molecule has 0 bridgehead atoms. The fourth-order valence-corrected chi connectivity index (χ4v) is 2.97. The Bertz CT molecular complexity index is 954. The summed E-state index contributed by atoms with van der Waals surface area (Å²) in [5.74, 6) is -0.269. The van der Waals surface area contributed by atoms with E-state index in [1.165, 1.54) is 11.6 Å². The van der Waals surface area contributed by atoms with E-state index in [1.54, 1.807) is 51.1 Å². The van der Waals surface area contributed by atoms with Gasteiger partial charge in [-0.25, -0.2) is 9.59 Å². The van der Waals surface area contributed by atoms with E-state index in [0.29, 0.717) is 5.75 Å². The van der Waals surface area contributed by atoms with Crippen LogP contribution in [0.2, 0.25) is 0 Å². The summed E-state index contributed by atoms with van der Waals surface area (Å²) in [6.07, 6.45) is 6.07. The number of ether oxygens (including phenoxy) is 3. The first-order valence-electron chi connectivity index (χ1n) is 9.67. The van der Waals surface area contributed by atoms with Gasteiger partial charge in [0, 0.05) is 6.42 Å². The topological polar surface area (TPSA) is 61.8 Å². The first-order valence-corrected chi connectivity index (χ1v) is 10.8. The van der Waals surface area contributed by atoms with Crippen molar-refractivity contribution in [2.24, 2.45) is 0 Å². The fourth-order valence-electron chi connectivity index (χ4n) is 2.33. The van der Waals surface area contributed by atoms with Gasteiger partial charge in [0.25, 0.3) is 0 Å². The second kappa shape index (κ2) is 12.1. The average molecular weight is 532 g/mol. The van der Waals surface area contributed by atoms with E-state index in [4.69, 9.17) is 14.2 Å². The minimum Gasteiger partial charge on any atom is -0.428 e. The van der Waals surface area contributed by atoms with Crippen molar-refractivity contribution in [1.82, 2.24) is 0 Å². The molecule has 0 saturated carbocycles. The van der Waals surface area contributed by atoms with E-state index >= 15 is 0 Å². The molecule has 0 aromatic heterocycles. The molecule has 0 atom stereocenters. The van der Waals surface area contributed by atoms with Gasteiger partial charge in [0.05, 0.1) is 6.08 Å². The third-order valence-corrected chi connectivity index (χ3v) is 4.31. The molecular formula is C25H25IO5. The molecule has 0 amide bonds. The smallest absolute Gasteiger partial charge is 0.428 e. The highest BCUT2D eigenvalue weighted by Gasteiger charge is 2.19. The second-order valence-electron chi connectivity index (χ2n) is 7.48. The molecule has 0 saturated heterocycles. The lowest BCUT2D eigenvalue weighted by Crippen LogP contribution is -2.24. The van der Waals surface area contributed by atoms with Crippen molar-refractivity contribution in [3.63, 3.8) is 0 Å². The Morgan fingerprint density at radius 2 is 1.58 bits per heavy atom. The Balaban J connectivity index is 2.11. The molecule has 0 N–H and O–H groups in total. The van der Waals surface area contributed by atoms with Gasteiger partial charge in [-0.05, 0) is 70.7 Å². The van der Waals surface area contributed by atoms with E-state index in [2.05, 4.69) is 22.6 Å². The molecule has 162 valence electrons. The van der Waals surface area contributed by atoms with Crippen LogP contribution in [0.3, 0.4) is 0 Å². The molecule has 2 aromatic rings. The predicted octanol–water partition coefficient (Wildman–Crippen LogP) is 6.55. The molecular weight excluding hydrogens is 507 g/mol. The van der Waals surface area contributed by atoms with Gasteiger partial charge in [0.1, 0.15) is 17.1 Å². The van der Waals surface area contributed by atoms with Crippen LogP contribution in [-0.2, 0) is 20.7 Å². The molecule has 5 nitrogen and oxygen atoms in total. The summed E-state index contributed by atoms with van der Waals surface area (Å²) in [5, 5.41) is 0. The zero-order valence-electron chi connectivity index (χ0n) is 17.7. The normalized spacial score (nSPS) is 12.5. The Morgan fingerprint density at radius 1 is 0.968 bits per heavy atom. The van der Waals surface area contributed by atoms with Gasteiger partial charge in [-0.3, -0.25) is 0 Å². The summed E-state index contributed by atoms with van der Waals surface area (Å²) in [5.41, 5.74) is 0.463. The number of benzene rings is 2. The van der Waals surface area contributed by atoms with E-state index in [-0.39, 0.29) is 5.76 Å². The Hall–Kier alpha value is -2.87. The first kappa shape index (κ1) is 24.4. The van der Waals surface area contributed by atoms with E-state index in [0.717, 1.165) is 16.1 Å². The fraction of sp³-hybridized carbons (Fsp3) is 0.200. The number of hydrogen-bond acceptors (Lipinski definition) is 5. The molecule has 0 unspecified atom stereocenters. The Morgan fingerprint density at radius 3 is 2.19 bits per heavy atom. The number of hydrogen-bond donors (Lipinski definition) is 0. The van der Waals surface area contributed by atoms with E-state index < -0.39 is 17.7 Å². The highest BCUT2D eigenvalue weighted by molar-refractivity contribution is 14.1. The number of halogens is 1. The Kier molecular flexibility index (Phi) is 9.52. The number of rotatable bonds is 7. The molecule has 2 rings (SSSR count). The maximum absolute atomic E-state index is 12.2. The van der Waals surface area contributed by atoms with Gasteiger partial charge in [-0.1, -0.05) is 60.7 Å². The quantitative estimate of drug-likeness (QED) is 0.101. The van der Waals surface area contributed by atoms with Gasteiger partial charge in [-0.15, -0.1) is 0 Å². The van der Waals surface area contributed by atoms with Crippen LogP contribution in [0.15, 0.2) is 94.3 Å². The first-order chi connectivity index (χ1) is 14.7. The maximum atomic E-state index is 12.2. The number of carbonyl (C=O) groups excluding carboxylic acids is 2. The zero-order valence-corrected chi connectivity index (χ0v) is 19.9. The largest absolute Gasteiger partial charge is 0.514 e. The van der Waals surface area contributed by atoms with Crippen molar-refractivity contribution in [3.8, 4) is 5.75 Å². The lowest BCUT2D eigenvalue weighted by molar-refractivity contribution is -0.129. The van der Waals surface area contributed by atoms with Crippen LogP contribution < -0.4 is 4.74 Å². The number of allylic oxidation sites excluding steroid dienone is 4. The van der Waals surface area contributed by atoms with Crippen molar-refractivity contribution in [1.29, 1.82) is 0 Å². The number of carbonyl (C=O) groups is 2. The predicted molar refractivity (Wildman–Crippen MR) is 129 cm³/mol. The van der Waals surface area contributed by atoms with Crippen LogP contribution in [0.1, 0.15) is 26.3 Å². The van der Waals surface area contributed by atoms with Gasteiger partial charge >= 0.3 is 12.1 Å². The third kappa shape index (κ3) is 10.6. The van der Waals surface area contributed by atoms with Crippen molar-refractivity contribution in [2.45, 2.75) is 32.8 Å². The molecule has 0 aliphatic carbocycles. The van der Waals surface area contributed by atoms with E-state index in [1.807, 2.05) is 42.5 Å². The van der Waals surface area contributed by atoms with Crippen LogP contribution in [0.5, 0.6) is 5.75 Å². The number of esters is 1. The molecule has 0 radical (unpaired) electrons. The van der Waals surface area contributed by atoms with Crippen LogP contribution in [0.25, 0.3) is 0 Å². The minimum atomic E-state index is -0.904. The minimum absolute atomic E-state index is 0.00958. The van der Waals surface area contributed by atoms with Gasteiger partial charge in [0.15, 0.2) is 0 Å². The van der Waals surface area contributed by atoms with Crippen molar-refractivity contribution >= 4 is 34.7 Å². The molecule has 0 aliphatic heterocycles. The average Bonchev–Trinajstić information content (AvgIpc) is 2.67. The third-order valence-electron chi connectivity index (χ3n) is 3.57. The molecule has 0 aliphatic rings. The maximum Gasteiger partial charge on any atom is 0.514 e. The standard InChI is InChI=1S/C25H25IO5/c1-25(2,3)31-24(28)30-22(18-23(27)29-21-14-8-5-9-15-21)16-10-13-20(26)17-19-11-6-4-7-12-19/h4-16,18H,17H2,1-3H3/b16-10-,20-13-,22-18-. The summed E-state index contributed by atoms with van der Waals surface area (Å²) in [6.45, 7) is 5.18. The summed E-state index contributed by atoms with van der Waals surface area (Å²) < 4.78 is 16.7. The number of para-hydroxylation sites is 1. The zero-order chi connectivity index (χ0) is 22.7. The monoisotopic (exact) mass is 532 g/mol. The highest BCUT2D eigenvalue weighted by atomic mass is 127. The molecule has 6 heteroatoms. The SMILES string of the molecule is CC(C)(C)OC(=O)OC(/C=C\C=C(/I)Cc1ccccc1)=C\C(=O)Oc1ccccc1. The van der Waals surface area contributed by atoms with Gasteiger partial charge in [-0.2, -0.15) is 0 Å². The lowest BCUT2D eigenvalue weighted by atomic mass is 10.1. The van der Waals surface area contributed by atoms with Crippen molar-refractivity contribution < 1.29 is 23.8 Å². The second-order valence-corrected chi connectivity index (χ2v) is 8.87. The van der Waals surface area contributed by atoms with Crippen molar-refractivity contribution in [3.05, 3.63) is 99.9 Å². The lowest BCUT2D eigenvalue weighted by Gasteiger charge is -2.18. The Labute approximate surface area is 196 Å². The summed E-state index contributed by atoms with van der Waals surface area (Å²) in [7, 11) is 0.